The first kappa shape index (κ1) is 11.3. The SMILES string of the molecule is CCN1c2ccccc2C=CC1(CC)CC. The maximum absolute atomic E-state index is 2.54. The second-order valence-electron chi connectivity index (χ2n) is 4.45. The van der Waals surface area contributed by atoms with E-state index in [1.165, 1.54) is 24.1 Å². The van der Waals surface area contributed by atoms with Gasteiger partial charge in [-0.15, -0.1) is 0 Å². The van der Waals surface area contributed by atoms with E-state index in [1.54, 1.807) is 0 Å². The molecule has 0 aromatic heterocycles. The van der Waals surface area contributed by atoms with Crippen LogP contribution in [-0.4, -0.2) is 12.1 Å². The van der Waals surface area contributed by atoms with Crippen molar-refractivity contribution >= 4 is 11.8 Å². The highest BCUT2D eigenvalue weighted by Crippen LogP contribution is 2.38. The Balaban J connectivity index is 2.51. The van der Waals surface area contributed by atoms with Gasteiger partial charge in [-0.3, -0.25) is 0 Å². The maximum Gasteiger partial charge on any atom is 0.0582 e. The molecule has 1 aliphatic heterocycles. The van der Waals surface area contributed by atoms with Crippen LogP contribution in [0.3, 0.4) is 0 Å². The van der Waals surface area contributed by atoms with Gasteiger partial charge in [-0.2, -0.15) is 0 Å². The number of benzene rings is 1. The summed E-state index contributed by atoms with van der Waals surface area (Å²) >= 11 is 0. The van der Waals surface area contributed by atoms with Crippen LogP contribution in [-0.2, 0) is 0 Å². The van der Waals surface area contributed by atoms with E-state index in [4.69, 9.17) is 0 Å². The fourth-order valence-corrected chi connectivity index (χ4v) is 2.80. The van der Waals surface area contributed by atoms with Gasteiger partial charge in [0.1, 0.15) is 0 Å². The predicted molar refractivity (Wildman–Crippen MR) is 71.8 cm³/mol. The molecule has 1 heterocycles. The normalized spacial score (nSPS) is 17.3. The Bertz CT molecular complexity index is 388. The second-order valence-corrected chi connectivity index (χ2v) is 4.45. The molecular formula is C15H21N. The van der Waals surface area contributed by atoms with Crippen LogP contribution in [0.25, 0.3) is 6.08 Å². The number of rotatable bonds is 3. The second kappa shape index (κ2) is 4.32. The molecule has 0 N–H and O–H groups in total. The number of para-hydroxylation sites is 1. The molecule has 0 atom stereocenters. The molecule has 0 unspecified atom stereocenters. The zero-order chi connectivity index (χ0) is 11.6. The molecule has 1 aromatic carbocycles. The molecule has 0 amide bonds. The standard InChI is InChI=1S/C15H21N/c1-4-15(5-2)12-11-13-9-7-8-10-14(13)16(15)6-3/h7-12H,4-6H2,1-3H3. The summed E-state index contributed by atoms with van der Waals surface area (Å²) < 4.78 is 0. The Labute approximate surface area is 98.8 Å². The molecule has 1 aliphatic rings. The molecule has 0 aliphatic carbocycles. The third kappa shape index (κ3) is 1.55. The van der Waals surface area contributed by atoms with Crippen molar-refractivity contribution in [3.8, 4) is 0 Å². The van der Waals surface area contributed by atoms with Crippen LogP contribution in [0.1, 0.15) is 39.2 Å². The van der Waals surface area contributed by atoms with E-state index in [-0.39, 0.29) is 5.54 Å². The van der Waals surface area contributed by atoms with Crippen molar-refractivity contribution in [3.05, 3.63) is 35.9 Å². The minimum Gasteiger partial charge on any atom is -0.362 e. The quantitative estimate of drug-likeness (QED) is 0.733. The van der Waals surface area contributed by atoms with Gasteiger partial charge in [0.2, 0.25) is 0 Å². The first-order valence-electron chi connectivity index (χ1n) is 6.33. The van der Waals surface area contributed by atoms with Crippen molar-refractivity contribution in [2.75, 3.05) is 11.4 Å². The van der Waals surface area contributed by atoms with Crippen LogP contribution in [0.2, 0.25) is 0 Å². The lowest BCUT2D eigenvalue weighted by Gasteiger charge is -2.45. The summed E-state index contributed by atoms with van der Waals surface area (Å²) in [6.07, 6.45) is 7.01. The lowest BCUT2D eigenvalue weighted by Crippen LogP contribution is -2.48. The van der Waals surface area contributed by atoms with Gasteiger partial charge in [-0.25, -0.2) is 0 Å². The number of hydrogen-bond acceptors (Lipinski definition) is 1. The van der Waals surface area contributed by atoms with E-state index in [0.717, 1.165) is 6.54 Å². The van der Waals surface area contributed by atoms with Crippen LogP contribution in [0.15, 0.2) is 30.3 Å². The molecule has 16 heavy (non-hydrogen) atoms. The highest BCUT2D eigenvalue weighted by Gasteiger charge is 2.33. The van der Waals surface area contributed by atoms with E-state index in [9.17, 15) is 0 Å². The van der Waals surface area contributed by atoms with Crippen LogP contribution >= 0.6 is 0 Å². The van der Waals surface area contributed by atoms with Crippen LogP contribution < -0.4 is 4.90 Å². The van der Waals surface area contributed by atoms with Gasteiger partial charge in [0.25, 0.3) is 0 Å². The first-order valence-corrected chi connectivity index (χ1v) is 6.33. The third-order valence-corrected chi connectivity index (χ3v) is 3.88. The number of anilines is 1. The Morgan fingerprint density at radius 2 is 1.75 bits per heavy atom. The zero-order valence-corrected chi connectivity index (χ0v) is 10.5. The average Bonchev–Trinajstić information content (AvgIpc) is 2.37. The number of likely N-dealkylation sites (N-methyl/N-ethyl adjacent to an activating group) is 1. The number of nitrogens with zero attached hydrogens (tertiary/aromatic N) is 1. The van der Waals surface area contributed by atoms with Gasteiger partial charge in [0.15, 0.2) is 0 Å². The molecule has 0 radical (unpaired) electrons. The number of hydrogen-bond donors (Lipinski definition) is 0. The van der Waals surface area contributed by atoms with Gasteiger partial charge < -0.3 is 4.90 Å². The van der Waals surface area contributed by atoms with E-state index in [1.807, 2.05) is 0 Å². The molecule has 1 nitrogen and oxygen atoms in total. The summed E-state index contributed by atoms with van der Waals surface area (Å²) in [5.41, 5.74) is 2.96. The molecule has 0 fully saturated rings. The molecule has 1 aromatic rings. The van der Waals surface area contributed by atoms with E-state index < -0.39 is 0 Å². The topological polar surface area (TPSA) is 3.24 Å². The molecular weight excluding hydrogens is 194 g/mol. The monoisotopic (exact) mass is 215 g/mol. The summed E-state index contributed by atoms with van der Waals surface area (Å²) in [4.78, 5) is 2.54. The smallest absolute Gasteiger partial charge is 0.0582 e. The summed E-state index contributed by atoms with van der Waals surface area (Å²) in [6.45, 7) is 7.88. The first-order chi connectivity index (χ1) is 7.77. The van der Waals surface area contributed by atoms with Crippen molar-refractivity contribution in [3.63, 3.8) is 0 Å². The molecule has 2 rings (SSSR count). The minimum atomic E-state index is 0.225. The lowest BCUT2D eigenvalue weighted by molar-refractivity contribution is 0.446. The van der Waals surface area contributed by atoms with Crippen LogP contribution in [0.5, 0.6) is 0 Å². The Morgan fingerprint density at radius 1 is 1.06 bits per heavy atom. The number of fused-ring (bicyclic) bond motifs is 1. The Hall–Kier alpha value is -1.24. The summed E-state index contributed by atoms with van der Waals surface area (Å²) in [5, 5.41) is 0. The van der Waals surface area contributed by atoms with E-state index in [2.05, 4.69) is 62.1 Å². The fourth-order valence-electron chi connectivity index (χ4n) is 2.80. The summed E-state index contributed by atoms with van der Waals surface area (Å²) in [7, 11) is 0. The molecule has 0 saturated heterocycles. The van der Waals surface area contributed by atoms with Gasteiger partial charge in [-0.1, -0.05) is 44.2 Å². The van der Waals surface area contributed by atoms with Gasteiger partial charge >= 0.3 is 0 Å². The van der Waals surface area contributed by atoms with Crippen molar-refractivity contribution in [2.45, 2.75) is 39.2 Å². The molecule has 0 saturated carbocycles. The fraction of sp³-hybridized carbons (Fsp3) is 0.467. The van der Waals surface area contributed by atoms with Crippen LogP contribution in [0.4, 0.5) is 5.69 Å². The van der Waals surface area contributed by atoms with Crippen LogP contribution in [0, 0.1) is 0 Å². The third-order valence-electron chi connectivity index (χ3n) is 3.88. The summed E-state index contributed by atoms with van der Waals surface area (Å²) in [5.74, 6) is 0. The molecule has 0 spiro atoms. The van der Waals surface area contributed by atoms with E-state index >= 15 is 0 Å². The van der Waals surface area contributed by atoms with Gasteiger partial charge in [-0.05, 0) is 31.4 Å². The van der Waals surface area contributed by atoms with Crippen molar-refractivity contribution < 1.29 is 0 Å². The summed E-state index contributed by atoms with van der Waals surface area (Å²) in [6, 6.07) is 8.69. The lowest BCUT2D eigenvalue weighted by atomic mass is 9.85. The zero-order valence-electron chi connectivity index (χ0n) is 10.5. The van der Waals surface area contributed by atoms with Crippen molar-refractivity contribution in [1.29, 1.82) is 0 Å². The highest BCUT2D eigenvalue weighted by atomic mass is 15.2. The minimum absolute atomic E-state index is 0.225. The molecule has 1 heteroatoms. The average molecular weight is 215 g/mol. The van der Waals surface area contributed by atoms with Gasteiger partial charge in [0, 0.05) is 12.2 Å². The van der Waals surface area contributed by atoms with E-state index in [0.29, 0.717) is 0 Å². The maximum atomic E-state index is 2.54. The largest absolute Gasteiger partial charge is 0.362 e. The van der Waals surface area contributed by atoms with Crippen molar-refractivity contribution in [1.82, 2.24) is 0 Å². The Morgan fingerprint density at radius 3 is 2.38 bits per heavy atom. The predicted octanol–water partition coefficient (Wildman–Crippen LogP) is 4.10. The molecule has 86 valence electrons. The van der Waals surface area contributed by atoms with Gasteiger partial charge in [0.05, 0.1) is 5.54 Å². The Kier molecular flexibility index (Phi) is 3.04. The van der Waals surface area contributed by atoms with Crippen molar-refractivity contribution in [2.24, 2.45) is 0 Å². The highest BCUT2D eigenvalue weighted by molar-refractivity contribution is 5.73. The molecule has 0 bridgehead atoms.